The van der Waals surface area contributed by atoms with E-state index >= 15 is 0 Å². The van der Waals surface area contributed by atoms with E-state index in [-0.39, 0.29) is 24.5 Å². The lowest BCUT2D eigenvalue weighted by molar-refractivity contribution is -0.133. The molecule has 3 heterocycles. The van der Waals surface area contributed by atoms with Crippen LogP contribution in [0.25, 0.3) is 0 Å². The number of aryl methyl sites for hydroxylation is 1. The number of nitrogens with one attached hydrogen (secondary N) is 1. The van der Waals surface area contributed by atoms with E-state index in [0.29, 0.717) is 37.7 Å². The standard InChI is InChI=1S/C27H37ClN6O3/c1-27(2,3)29-26(36)33(13-12-32-14-16-37-17-15-32)19-25(35)34-24(20-7-9-21(28)10-8-20)18-22(30-34)23-6-5-11-31(23)4/h5-11,24H,12-19H2,1-4H3,(H,29,36)/t24-/m1/s1. The Kier molecular flexibility index (Phi) is 8.56. The molecular weight excluding hydrogens is 492 g/mol. The Bertz CT molecular complexity index is 1120. The zero-order chi connectivity index (χ0) is 26.6. The fraction of sp³-hybridized carbons (Fsp3) is 0.519. The van der Waals surface area contributed by atoms with Gasteiger partial charge < -0.3 is 19.5 Å². The van der Waals surface area contributed by atoms with Crippen LogP contribution in [0, 0.1) is 0 Å². The number of morpholine rings is 1. The number of hydrazone groups is 1. The molecule has 2 aliphatic heterocycles. The molecule has 1 saturated heterocycles. The van der Waals surface area contributed by atoms with Gasteiger partial charge in [0.25, 0.3) is 5.91 Å². The number of nitrogens with zero attached hydrogens (tertiary/aromatic N) is 5. The van der Waals surface area contributed by atoms with Crippen molar-refractivity contribution in [1.29, 1.82) is 0 Å². The van der Waals surface area contributed by atoms with Gasteiger partial charge in [-0.1, -0.05) is 23.7 Å². The third-order valence-corrected chi connectivity index (χ3v) is 6.80. The van der Waals surface area contributed by atoms with Gasteiger partial charge in [0, 0.05) is 56.4 Å². The third kappa shape index (κ3) is 7.12. The average Bonchev–Trinajstić information content (AvgIpc) is 3.48. The van der Waals surface area contributed by atoms with Crippen LogP contribution in [0.1, 0.15) is 44.5 Å². The highest BCUT2D eigenvalue weighted by atomic mass is 35.5. The normalized spacial score (nSPS) is 18.6. The largest absolute Gasteiger partial charge is 0.379 e. The van der Waals surface area contributed by atoms with Crippen LogP contribution in [-0.4, -0.2) is 88.5 Å². The second-order valence-corrected chi connectivity index (χ2v) is 11.1. The summed E-state index contributed by atoms with van der Waals surface area (Å²) < 4.78 is 7.44. The minimum atomic E-state index is -0.422. The maximum atomic E-state index is 13.8. The molecule has 9 nitrogen and oxygen atoms in total. The van der Waals surface area contributed by atoms with E-state index in [0.717, 1.165) is 30.1 Å². The quantitative estimate of drug-likeness (QED) is 0.596. The van der Waals surface area contributed by atoms with E-state index in [1.54, 1.807) is 4.90 Å². The number of urea groups is 1. The summed E-state index contributed by atoms with van der Waals surface area (Å²) in [6, 6.07) is 10.9. The molecule has 0 radical (unpaired) electrons. The van der Waals surface area contributed by atoms with Crippen molar-refractivity contribution < 1.29 is 14.3 Å². The van der Waals surface area contributed by atoms with Crippen LogP contribution in [-0.2, 0) is 16.6 Å². The monoisotopic (exact) mass is 528 g/mol. The Morgan fingerprint density at radius 3 is 2.49 bits per heavy atom. The van der Waals surface area contributed by atoms with Gasteiger partial charge in [0.2, 0.25) is 0 Å². The van der Waals surface area contributed by atoms with E-state index < -0.39 is 5.54 Å². The molecule has 0 unspecified atom stereocenters. The molecule has 0 spiro atoms. The Morgan fingerprint density at radius 1 is 1.16 bits per heavy atom. The molecule has 2 aromatic rings. The lowest BCUT2D eigenvalue weighted by atomic mass is 10.0. The number of amides is 3. The fourth-order valence-corrected chi connectivity index (χ4v) is 4.70. The highest BCUT2D eigenvalue weighted by molar-refractivity contribution is 6.30. The number of carbonyl (C=O) groups is 2. The van der Waals surface area contributed by atoms with Crippen molar-refractivity contribution in [3.05, 3.63) is 58.9 Å². The second-order valence-electron chi connectivity index (χ2n) is 10.6. The first-order chi connectivity index (χ1) is 17.6. The van der Waals surface area contributed by atoms with Gasteiger partial charge in [-0.2, -0.15) is 5.10 Å². The number of carbonyl (C=O) groups excluding carboxylic acids is 2. The minimum absolute atomic E-state index is 0.0692. The Hall–Kier alpha value is -2.88. The molecule has 0 bridgehead atoms. The minimum Gasteiger partial charge on any atom is -0.379 e. The van der Waals surface area contributed by atoms with Crippen molar-refractivity contribution >= 4 is 29.3 Å². The van der Waals surface area contributed by atoms with E-state index in [1.165, 1.54) is 5.01 Å². The summed E-state index contributed by atoms with van der Waals surface area (Å²) in [7, 11) is 1.96. The number of hydrogen-bond acceptors (Lipinski definition) is 5. The van der Waals surface area contributed by atoms with E-state index in [9.17, 15) is 9.59 Å². The Labute approximate surface area is 224 Å². The van der Waals surface area contributed by atoms with E-state index in [1.807, 2.05) is 75.0 Å². The zero-order valence-corrected chi connectivity index (χ0v) is 22.9. The van der Waals surface area contributed by atoms with Crippen molar-refractivity contribution in [3.8, 4) is 0 Å². The van der Waals surface area contributed by atoms with Crippen LogP contribution in [0.4, 0.5) is 4.79 Å². The summed E-state index contributed by atoms with van der Waals surface area (Å²) in [4.78, 5) is 30.8. The van der Waals surface area contributed by atoms with Gasteiger partial charge in [0.1, 0.15) is 6.54 Å². The molecule has 1 aromatic heterocycles. The molecule has 200 valence electrons. The Balaban J connectivity index is 1.56. The fourth-order valence-electron chi connectivity index (χ4n) is 4.58. The molecule has 2 aliphatic rings. The van der Waals surface area contributed by atoms with Crippen LogP contribution >= 0.6 is 11.6 Å². The van der Waals surface area contributed by atoms with Crippen LogP contribution in [0.5, 0.6) is 0 Å². The van der Waals surface area contributed by atoms with Crippen molar-refractivity contribution in [2.24, 2.45) is 12.1 Å². The SMILES string of the molecule is Cn1cccc1C1=NN(C(=O)CN(CCN2CCOCC2)C(=O)NC(C)(C)C)[C@@H](c2ccc(Cl)cc2)C1. The Morgan fingerprint density at radius 2 is 1.86 bits per heavy atom. The van der Waals surface area contributed by atoms with Gasteiger partial charge >= 0.3 is 6.03 Å². The number of benzene rings is 1. The lowest BCUT2D eigenvalue weighted by Crippen LogP contribution is -2.53. The number of ether oxygens (including phenoxy) is 1. The molecule has 0 aliphatic carbocycles. The molecular formula is C27H37ClN6O3. The number of hydrogen-bond donors (Lipinski definition) is 1. The molecule has 3 amide bonds. The molecule has 0 saturated carbocycles. The molecule has 1 atom stereocenters. The summed E-state index contributed by atoms with van der Waals surface area (Å²) in [6.45, 7) is 9.83. The van der Waals surface area contributed by atoms with Crippen LogP contribution < -0.4 is 5.32 Å². The summed E-state index contributed by atoms with van der Waals surface area (Å²) in [5, 5.41) is 9.95. The van der Waals surface area contributed by atoms with Gasteiger partial charge in [0.05, 0.1) is 30.7 Å². The first-order valence-electron chi connectivity index (χ1n) is 12.7. The lowest BCUT2D eigenvalue weighted by Gasteiger charge is -2.32. The van der Waals surface area contributed by atoms with Crippen LogP contribution in [0.2, 0.25) is 5.02 Å². The van der Waals surface area contributed by atoms with Crippen LogP contribution in [0.15, 0.2) is 47.7 Å². The molecule has 37 heavy (non-hydrogen) atoms. The van der Waals surface area contributed by atoms with E-state index in [2.05, 4.69) is 10.2 Å². The van der Waals surface area contributed by atoms with Gasteiger partial charge in [-0.15, -0.1) is 0 Å². The van der Waals surface area contributed by atoms with E-state index in [4.69, 9.17) is 21.4 Å². The molecule has 4 rings (SSSR count). The number of aromatic nitrogens is 1. The van der Waals surface area contributed by atoms with Crippen LogP contribution in [0.3, 0.4) is 0 Å². The third-order valence-electron chi connectivity index (χ3n) is 6.55. The van der Waals surface area contributed by atoms with Gasteiger partial charge in [0.15, 0.2) is 0 Å². The van der Waals surface area contributed by atoms with Gasteiger partial charge in [-0.25, -0.2) is 9.80 Å². The molecule has 1 N–H and O–H groups in total. The molecule has 1 fully saturated rings. The number of halogens is 1. The second kappa shape index (κ2) is 11.7. The average molecular weight is 529 g/mol. The first-order valence-corrected chi connectivity index (χ1v) is 13.1. The molecule has 1 aromatic carbocycles. The van der Waals surface area contributed by atoms with Crippen molar-refractivity contribution in [1.82, 2.24) is 24.7 Å². The predicted molar refractivity (Wildman–Crippen MR) is 145 cm³/mol. The van der Waals surface area contributed by atoms with Crippen molar-refractivity contribution in [2.75, 3.05) is 45.9 Å². The first kappa shape index (κ1) is 27.2. The predicted octanol–water partition coefficient (Wildman–Crippen LogP) is 3.50. The highest BCUT2D eigenvalue weighted by Gasteiger charge is 2.35. The topological polar surface area (TPSA) is 82.4 Å². The summed E-state index contributed by atoms with van der Waals surface area (Å²) in [5.41, 5.74) is 2.32. The van der Waals surface area contributed by atoms with Crippen molar-refractivity contribution in [3.63, 3.8) is 0 Å². The zero-order valence-electron chi connectivity index (χ0n) is 22.1. The molecule has 10 heteroatoms. The van der Waals surface area contributed by atoms with Gasteiger partial charge in [-0.05, 0) is 50.6 Å². The van der Waals surface area contributed by atoms with Crippen molar-refractivity contribution in [2.45, 2.75) is 38.8 Å². The summed E-state index contributed by atoms with van der Waals surface area (Å²) in [6.07, 6.45) is 2.54. The maximum absolute atomic E-state index is 13.8. The number of rotatable bonds is 7. The smallest absolute Gasteiger partial charge is 0.318 e. The highest BCUT2D eigenvalue weighted by Crippen LogP contribution is 2.33. The van der Waals surface area contributed by atoms with Gasteiger partial charge in [-0.3, -0.25) is 9.69 Å². The maximum Gasteiger partial charge on any atom is 0.318 e. The summed E-state index contributed by atoms with van der Waals surface area (Å²) in [5.74, 6) is -0.227. The summed E-state index contributed by atoms with van der Waals surface area (Å²) >= 11 is 6.13.